The summed E-state index contributed by atoms with van der Waals surface area (Å²) in [6.45, 7) is 9.98. The van der Waals surface area contributed by atoms with Gasteiger partial charge in [0.2, 0.25) is 0 Å². The van der Waals surface area contributed by atoms with Crippen molar-refractivity contribution in [2.45, 2.75) is 59.0 Å². The number of fused-ring (bicyclic) bond motifs is 1. The quantitative estimate of drug-likeness (QED) is 0.519. The fourth-order valence-electron chi connectivity index (χ4n) is 4.47. The molecule has 0 fully saturated rings. The first-order valence-corrected chi connectivity index (χ1v) is 11.6. The summed E-state index contributed by atoms with van der Waals surface area (Å²) in [6, 6.07) is 6.46. The molecule has 1 aromatic carbocycles. The van der Waals surface area contributed by atoms with E-state index in [1.807, 2.05) is 37.8 Å². The van der Waals surface area contributed by atoms with Gasteiger partial charge in [-0.1, -0.05) is 19.1 Å². The number of aromatic nitrogens is 4. The maximum atomic E-state index is 13.2. The van der Waals surface area contributed by atoms with E-state index in [0.717, 1.165) is 34.9 Å². The van der Waals surface area contributed by atoms with Crippen LogP contribution in [0.4, 0.5) is 15.9 Å². The lowest BCUT2D eigenvalue weighted by Crippen LogP contribution is -2.62. The van der Waals surface area contributed by atoms with Crippen LogP contribution in [-0.2, 0) is 24.2 Å². The number of benzene rings is 1. The van der Waals surface area contributed by atoms with Crippen LogP contribution in [0.1, 0.15) is 51.1 Å². The number of carbonyl (C=O) groups excluding carboxylic acids is 1. The van der Waals surface area contributed by atoms with Gasteiger partial charge in [0.25, 0.3) is 5.91 Å². The SMILES string of the molecule is CCN1C(=O)[C@](C)(CC)N(CC)c2nc(CCc3cnn(Cc4ccc(F)cc4)c3)ncc21. The number of nitrogens with zero attached hydrogens (tertiary/aromatic N) is 6. The van der Waals surface area contributed by atoms with Gasteiger partial charge in [-0.15, -0.1) is 0 Å². The van der Waals surface area contributed by atoms with E-state index in [2.05, 4.69) is 21.9 Å². The summed E-state index contributed by atoms with van der Waals surface area (Å²) in [4.78, 5) is 26.6. The molecule has 0 saturated heterocycles. The Morgan fingerprint density at radius 2 is 1.76 bits per heavy atom. The molecule has 3 heterocycles. The molecule has 0 N–H and O–H groups in total. The number of hydrogen-bond donors (Lipinski definition) is 0. The zero-order valence-electron chi connectivity index (χ0n) is 19.8. The highest BCUT2D eigenvalue weighted by Gasteiger charge is 2.46. The van der Waals surface area contributed by atoms with Gasteiger partial charge in [0.05, 0.1) is 18.9 Å². The summed E-state index contributed by atoms with van der Waals surface area (Å²) in [5.74, 6) is 1.45. The number of anilines is 2. The Kier molecular flexibility index (Phi) is 6.44. The third kappa shape index (κ3) is 4.34. The Hall–Kier alpha value is -3.29. The third-order valence-electron chi connectivity index (χ3n) is 6.55. The predicted molar refractivity (Wildman–Crippen MR) is 127 cm³/mol. The van der Waals surface area contributed by atoms with E-state index in [9.17, 15) is 9.18 Å². The lowest BCUT2D eigenvalue weighted by molar-refractivity contribution is -0.123. The molecule has 0 aliphatic carbocycles. The van der Waals surface area contributed by atoms with Gasteiger partial charge in [-0.05, 0) is 56.9 Å². The Labute approximate surface area is 194 Å². The zero-order valence-corrected chi connectivity index (χ0v) is 19.8. The van der Waals surface area contributed by atoms with Crippen molar-refractivity contribution in [2.75, 3.05) is 22.9 Å². The van der Waals surface area contributed by atoms with Gasteiger partial charge in [0, 0.05) is 25.7 Å². The molecule has 0 unspecified atom stereocenters. The maximum Gasteiger partial charge on any atom is 0.252 e. The summed E-state index contributed by atoms with van der Waals surface area (Å²) in [7, 11) is 0. The number of rotatable bonds is 8. The van der Waals surface area contributed by atoms with Crippen LogP contribution < -0.4 is 9.80 Å². The van der Waals surface area contributed by atoms with Crippen LogP contribution in [0, 0.1) is 5.82 Å². The summed E-state index contributed by atoms with van der Waals surface area (Å²) in [6.07, 6.45) is 7.79. The van der Waals surface area contributed by atoms with Gasteiger partial charge in [-0.2, -0.15) is 5.10 Å². The molecule has 1 aliphatic heterocycles. The average Bonchev–Trinajstić information content (AvgIpc) is 3.27. The van der Waals surface area contributed by atoms with E-state index >= 15 is 0 Å². The van der Waals surface area contributed by atoms with E-state index in [1.165, 1.54) is 12.1 Å². The lowest BCUT2D eigenvalue weighted by Gasteiger charge is -2.47. The van der Waals surface area contributed by atoms with Crippen LogP contribution in [0.5, 0.6) is 0 Å². The monoisotopic (exact) mass is 450 g/mol. The summed E-state index contributed by atoms with van der Waals surface area (Å²) in [5, 5.41) is 4.43. The third-order valence-corrected chi connectivity index (χ3v) is 6.55. The van der Waals surface area contributed by atoms with Crippen LogP contribution >= 0.6 is 0 Å². The topological polar surface area (TPSA) is 67.2 Å². The molecule has 3 aromatic rings. The molecule has 1 atom stereocenters. The molecule has 1 aliphatic rings. The second-order valence-electron chi connectivity index (χ2n) is 8.59. The minimum absolute atomic E-state index is 0.103. The van der Waals surface area contributed by atoms with Crippen molar-refractivity contribution in [3.63, 3.8) is 0 Å². The van der Waals surface area contributed by atoms with E-state index < -0.39 is 5.54 Å². The maximum absolute atomic E-state index is 13.2. The Morgan fingerprint density at radius 1 is 1.00 bits per heavy atom. The van der Waals surface area contributed by atoms with Crippen molar-refractivity contribution >= 4 is 17.4 Å². The van der Waals surface area contributed by atoms with E-state index in [1.54, 1.807) is 23.2 Å². The smallest absolute Gasteiger partial charge is 0.252 e. The van der Waals surface area contributed by atoms with Crippen LogP contribution in [-0.4, -0.2) is 44.3 Å². The van der Waals surface area contributed by atoms with Crippen molar-refractivity contribution in [1.82, 2.24) is 19.7 Å². The number of amides is 1. The molecule has 1 amide bonds. The Morgan fingerprint density at radius 3 is 2.42 bits per heavy atom. The first-order valence-electron chi connectivity index (χ1n) is 11.6. The largest absolute Gasteiger partial charge is 0.341 e. The molecule has 7 nitrogen and oxygen atoms in total. The highest BCUT2D eigenvalue weighted by atomic mass is 19.1. The second-order valence-corrected chi connectivity index (χ2v) is 8.59. The zero-order chi connectivity index (χ0) is 23.6. The highest BCUT2D eigenvalue weighted by Crippen LogP contribution is 2.40. The molecule has 0 radical (unpaired) electrons. The summed E-state index contributed by atoms with van der Waals surface area (Å²) >= 11 is 0. The molecule has 174 valence electrons. The molecule has 2 aromatic heterocycles. The Balaban J connectivity index is 1.50. The van der Waals surface area contributed by atoms with Gasteiger partial charge < -0.3 is 9.80 Å². The summed E-state index contributed by atoms with van der Waals surface area (Å²) in [5.41, 5.74) is 2.27. The molecule has 0 saturated carbocycles. The van der Waals surface area contributed by atoms with Crippen molar-refractivity contribution in [1.29, 1.82) is 0 Å². The number of aryl methyl sites for hydroxylation is 2. The van der Waals surface area contributed by atoms with Crippen LogP contribution in [0.15, 0.2) is 42.9 Å². The minimum Gasteiger partial charge on any atom is -0.341 e. The number of likely N-dealkylation sites (N-methyl/N-ethyl adjacent to an activating group) is 2. The molecule has 4 rings (SSSR count). The average molecular weight is 451 g/mol. The fraction of sp³-hybridized carbons (Fsp3) is 0.440. The summed E-state index contributed by atoms with van der Waals surface area (Å²) < 4.78 is 15.0. The standard InChI is InChI=1S/C25H31FN6O/c1-5-25(4)24(33)31(6-2)21-15-27-22(29-23(21)32(25)7-3)13-10-19-14-28-30(17-19)16-18-8-11-20(26)12-9-18/h8-9,11-12,14-15,17H,5-7,10,13,16H2,1-4H3/t25-/m0/s1. The Bertz CT molecular complexity index is 1130. The molecule has 8 heteroatoms. The number of carbonyl (C=O) groups is 1. The first kappa shape index (κ1) is 22.9. The lowest BCUT2D eigenvalue weighted by atomic mass is 9.91. The van der Waals surface area contributed by atoms with Crippen LogP contribution in [0.2, 0.25) is 0 Å². The molecular formula is C25H31FN6O. The predicted octanol–water partition coefficient (Wildman–Crippen LogP) is 4.01. The van der Waals surface area contributed by atoms with E-state index in [4.69, 9.17) is 4.98 Å². The van der Waals surface area contributed by atoms with Gasteiger partial charge in [0.15, 0.2) is 5.82 Å². The number of hydrogen-bond acceptors (Lipinski definition) is 5. The normalized spacial score (nSPS) is 18.0. The first-order chi connectivity index (χ1) is 15.9. The van der Waals surface area contributed by atoms with Crippen molar-refractivity contribution in [2.24, 2.45) is 0 Å². The molecular weight excluding hydrogens is 419 g/mol. The number of halogens is 1. The van der Waals surface area contributed by atoms with Gasteiger partial charge >= 0.3 is 0 Å². The van der Waals surface area contributed by atoms with Crippen molar-refractivity contribution in [3.8, 4) is 0 Å². The molecule has 0 spiro atoms. The van der Waals surface area contributed by atoms with E-state index in [-0.39, 0.29) is 11.7 Å². The second kappa shape index (κ2) is 9.29. The fourth-order valence-corrected chi connectivity index (χ4v) is 4.47. The van der Waals surface area contributed by atoms with Gasteiger partial charge in [-0.3, -0.25) is 9.48 Å². The van der Waals surface area contributed by atoms with Gasteiger partial charge in [0.1, 0.15) is 22.9 Å². The van der Waals surface area contributed by atoms with Gasteiger partial charge in [-0.25, -0.2) is 14.4 Å². The van der Waals surface area contributed by atoms with Crippen LogP contribution in [0.3, 0.4) is 0 Å². The molecule has 33 heavy (non-hydrogen) atoms. The van der Waals surface area contributed by atoms with E-state index in [0.29, 0.717) is 32.5 Å². The highest BCUT2D eigenvalue weighted by molar-refractivity contribution is 6.07. The molecule has 0 bridgehead atoms. The van der Waals surface area contributed by atoms with Crippen molar-refractivity contribution < 1.29 is 9.18 Å². The minimum atomic E-state index is -0.606. The van der Waals surface area contributed by atoms with Crippen LogP contribution in [0.25, 0.3) is 0 Å². The van der Waals surface area contributed by atoms with Crippen molar-refractivity contribution in [3.05, 3.63) is 65.6 Å².